The fraction of sp³-hybridized carbons (Fsp3) is 0.318. The van der Waals surface area contributed by atoms with Crippen molar-refractivity contribution in [2.45, 2.75) is 39.4 Å². The van der Waals surface area contributed by atoms with Gasteiger partial charge >= 0.3 is 6.18 Å². The number of amides is 2. The van der Waals surface area contributed by atoms with Crippen LogP contribution < -0.4 is 5.32 Å². The van der Waals surface area contributed by atoms with Crippen LogP contribution in [0.5, 0.6) is 0 Å². The van der Waals surface area contributed by atoms with Crippen molar-refractivity contribution >= 4 is 29.1 Å². The molecule has 0 saturated carbocycles. The zero-order valence-corrected chi connectivity index (χ0v) is 18.6. The molecule has 2 aromatic heterocycles. The van der Waals surface area contributed by atoms with Crippen LogP contribution >= 0.6 is 11.6 Å². The summed E-state index contributed by atoms with van der Waals surface area (Å²) in [7, 11) is 0. The lowest BCUT2D eigenvalue weighted by Crippen LogP contribution is -2.37. The molecule has 3 aromatic rings. The van der Waals surface area contributed by atoms with E-state index in [-0.39, 0.29) is 31.1 Å². The van der Waals surface area contributed by atoms with Gasteiger partial charge in [-0.05, 0) is 50.6 Å². The van der Waals surface area contributed by atoms with Gasteiger partial charge in [-0.15, -0.1) is 0 Å². The maximum Gasteiger partial charge on any atom is 0.417 e. The van der Waals surface area contributed by atoms with E-state index >= 15 is 0 Å². The lowest BCUT2D eigenvalue weighted by molar-refractivity contribution is -0.137. The van der Waals surface area contributed by atoms with Gasteiger partial charge in [0.1, 0.15) is 18.1 Å². The number of halogens is 4. The Morgan fingerprint density at radius 2 is 1.97 bits per heavy atom. The minimum Gasteiger partial charge on any atom is -0.467 e. The van der Waals surface area contributed by atoms with Crippen LogP contribution in [0, 0.1) is 13.8 Å². The van der Waals surface area contributed by atoms with E-state index in [4.69, 9.17) is 20.5 Å². The molecule has 0 saturated heterocycles. The fourth-order valence-corrected chi connectivity index (χ4v) is 3.49. The summed E-state index contributed by atoms with van der Waals surface area (Å²) in [5.41, 5.74) is 0.341. The van der Waals surface area contributed by atoms with Crippen molar-refractivity contribution < 1.29 is 31.7 Å². The number of aryl methyl sites for hydroxylation is 2. The van der Waals surface area contributed by atoms with Crippen molar-refractivity contribution in [3.05, 3.63) is 70.0 Å². The molecule has 0 spiro atoms. The number of benzene rings is 1. The van der Waals surface area contributed by atoms with Crippen LogP contribution in [0.25, 0.3) is 0 Å². The van der Waals surface area contributed by atoms with Crippen LogP contribution in [-0.4, -0.2) is 28.4 Å². The smallest absolute Gasteiger partial charge is 0.417 e. The van der Waals surface area contributed by atoms with Gasteiger partial charge in [0.25, 0.3) is 0 Å². The first kappa shape index (κ1) is 24.4. The minimum atomic E-state index is -4.67. The molecule has 3 rings (SSSR count). The highest BCUT2D eigenvalue weighted by atomic mass is 35.5. The van der Waals surface area contributed by atoms with Gasteiger partial charge in [0.15, 0.2) is 0 Å². The second-order valence-electron chi connectivity index (χ2n) is 7.37. The third-order valence-electron chi connectivity index (χ3n) is 4.94. The van der Waals surface area contributed by atoms with E-state index in [2.05, 4.69) is 10.5 Å². The molecular formula is C22H21ClF3N3O4. The predicted octanol–water partition coefficient (Wildman–Crippen LogP) is 5.16. The molecule has 0 unspecified atom stereocenters. The fourth-order valence-electron chi connectivity index (χ4n) is 3.27. The van der Waals surface area contributed by atoms with Crippen molar-refractivity contribution in [3.63, 3.8) is 0 Å². The molecule has 2 heterocycles. The van der Waals surface area contributed by atoms with E-state index in [9.17, 15) is 22.8 Å². The molecule has 0 atom stereocenters. The van der Waals surface area contributed by atoms with Gasteiger partial charge in [0.05, 0.1) is 29.1 Å². The molecule has 2 amide bonds. The van der Waals surface area contributed by atoms with Crippen molar-refractivity contribution in [1.82, 2.24) is 10.1 Å². The highest BCUT2D eigenvalue weighted by Gasteiger charge is 2.33. The molecule has 0 fully saturated rings. The number of hydrogen-bond acceptors (Lipinski definition) is 5. The van der Waals surface area contributed by atoms with Gasteiger partial charge in [-0.2, -0.15) is 13.2 Å². The summed E-state index contributed by atoms with van der Waals surface area (Å²) in [6.07, 6.45) is -2.79. The highest BCUT2D eigenvalue weighted by molar-refractivity contribution is 6.31. The molecule has 0 aliphatic carbocycles. The van der Waals surface area contributed by atoms with E-state index in [1.807, 2.05) is 0 Å². The number of nitrogens with one attached hydrogen (secondary N) is 1. The van der Waals surface area contributed by atoms with Gasteiger partial charge in [0, 0.05) is 17.7 Å². The zero-order valence-electron chi connectivity index (χ0n) is 17.8. The lowest BCUT2D eigenvalue weighted by Gasteiger charge is -2.21. The Hall–Kier alpha value is -3.27. The number of carbonyl (C=O) groups is 2. The van der Waals surface area contributed by atoms with Gasteiger partial charge in [0.2, 0.25) is 11.8 Å². The van der Waals surface area contributed by atoms with Gasteiger partial charge in [-0.25, -0.2) is 0 Å². The SMILES string of the molecule is Cc1noc(C)c1CCC(=O)N(CC(=O)Nc1ccc(Cl)c(C(F)(F)F)c1)Cc1ccco1. The van der Waals surface area contributed by atoms with E-state index in [0.29, 0.717) is 23.6 Å². The molecule has 0 aliphatic rings. The third kappa shape index (κ3) is 6.38. The molecule has 1 aromatic carbocycles. The quantitative estimate of drug-likeness (QED) is 0.478. The first-order valence-electron chi connectivity index (χ1n) is 9.93. The summed E-state index contributed by atoms with van der Waals surface area (Å²) in [5, 5.41) is 5.77. The molecule has 33 heavy (non-hydrogen) atoms. The average Bonchev–Trinajstić information content (AvgIpc) is 3.36. The van der Waals surface area contributed by atoms with Crippen molar-refractivity contribution in [3.8, 4) is 0 Å². The molecule has 7 nitrogen and oxygen atoms in total. The van der Waals surface area contributed by atoms with E-state index in [1.54, 1.807) is 26.0 Å². The molecule has 0 aliphatic heterocycles. The molecule has 11 heteroatoms. The maximum atomic E-state index is 13.1. The summed E-state index contributed by atoms with van der Waals surface area (Å²) in [5.74, 6) is 0.0644. The normalized spacial score (nSPS) is 11.5. The van der Waals surface area contributed by atoms with Crippen LogP contribution in [0.2, 0.25) is 5.02 Å². The maximum absolute atomic E-state index is 13.1. The van der Waals surface area contributed by atoms with E-state index in [0.717, 1.165) is 17.7 Å². The van der Waals surface area contributed by atoms with Crippen LogP contribution in [0.4, 0.5) is 18.9 Å². The first-order chi connectivity index (χ1) is 15.5. The summed E-state index contributed by atoms with van der Waals surface area (Å²) in [6, 6.07) is 6.35. The average molecular weight is 484 g/mol. The summed E-state index contributed by atoms with van der Waals surface area (Å²) < 4.78 is 49.6. The molecule has 0 bridgehead atoms. The molecular weight excluding hydrogens is 463 g/mol. The largest absolute Gasteiger partial charge is 0.467 e. The van der Waals surface area contributed by atoms with Gasteiger partial charge in [-0.1, -0.05) is 16.8 Å². The Labute approximate surface area is 192 Å². The Kier molecular flexibility index (Phi) is 7.47. The van der Waals surface area contributed by atoms with E-state index in [1.165, 1.54) is 17.2 Å². The molecule has 0 radical (unpaired) electrons. The van der Waals surface area contributed by atoms with Crippen molar-refractivity contribution in [1.29, 1.82) is 0 Å². The molecule has 176 valence electrons. The summed E-state index contributed by atoms with van der Waals surface area (Å²) in [4.78, 5) is 26.7. The number of alkyl halides is 3. The zero-order chi connectivity index (χ0) is 24.2. The Balaban J connectivity index is 1.70. The summed E-state index contributed by atoms with van der Waals surface area (Å²) in [6.45, 7) is 3.15. The first-order valence-corrected chi connectivity index (χ1v) is 10.3. The highest BCUT2D eigenvalue weighted by Crippen LogP contribution is 2.36. The standard InChI is InChI=1S/C22H21ClF3N3O4/c1-13-17(14(2)33-28-13)6-8-21(31)29(11-16-4-3-9-32-16)12-20(30)27-15-5-7-19(23)18(10-15)22(24,25)26/h3-5,7,9-10H,6,8,11-12H2,1-2H3,(H,27,30). The number of furan rings is 1. The number of hydrogen-bond donors (Lipinski definition) is 1. The Morgan fingerprint density at radius 3 is 2.58 bits per heavy atom. The number of rotatable bonds is 8. The minimum absolute atomic E-state index is 0.0231. The second-order valence-corrected chi connectivity index (χ2v) is 7.78. The van der Waals surface area contributed by atoms with E-state index < -0.39 is 22.7 Å². The predicted molar refractivity (Wildman–Crippen MR) is 114 cm³/mol. The Bertz CT molecular complexity index is 1110. The van der Waals surface area contributed by atoms with Crippen LogP contribution in [0.15, 0.2) is 45.5 Å². The summed E-state index contributed by atoms with van der Waals surface area (Å²) >= 11 is 5.61. The number of nitrogens with zero attached hydrogens (tertiary/aromatic N) is 2. The lowest BCUT2D eigenvalue weighted by atomic mass is 10.1. The number of carbonyl (C=O) groups excluding carboxylic acids is 2. The Morgan fingerprint density at radius 1 is 1.21 bits per heavy atom. The topological polar surface area (TPSA) is 88.6 Å². The second kappa shape index (κ2) is 10.1. The van der Waals surface area contributed by atoms with Crippen LogP contribution in [0.3, 0.4) is 0 Å². The van der Waals surface area contributed by atoms with Crippen molar-refractivity contribution in [2.75, 3.05) is 11.9 Å². The third-order valence-corrected chi connectivity index (χ3v) is 5.27. The van der Waals surface area contributed by atoms with Gasteiger partial charge < -0.3 is 19.2 Å². The number of aromatic nitrogens is 1. The van der Waals surface area contributed by atoms with Gasteiger partial charge in [-0.3, -0.25) is 9.59 Å². The van der Waals surface area contributed by atoms with Crippen LogP contribution in [0.1, 0.15) is 34.8 Å². The molecule has 1 N–H and O–H groups in total. The monoisotopic (exact) mass is 483 g/mol. The number of anilines is 1. The van der Waals surface area contributed by atoms with Crippen LogP contribution in [-0.2, 0) is 28.7 Å². The van der Waals surface area contributed by atoms with Crippen molar-refractivity contribution in [2.24, 2.45) is 0 Å².